The predicted molar refractivity (Wildman–Crippen MR) is 120 cm³/mol. The van der Waals surface area contributed by atoms with Crippen molar-refractivity contribution in [2.75, 3.05) is 6.54 Å². The number of aliphatic imine (C=N–C) groups is 1. The van der Waals surface area contributed by atoms with Crippen LogP contribution in [-0.4, -0.2) is 22.1 Å². The molecule has 1 heterocycles. The van der Waals surface area contributed by atoms with Crippen molar-refractivity contribution in [3.8, 4) is 0 Å². The second kappa shape index (κ2) is 13.6. The summed E-state index contributed by atoms with van der Waals surface area (Å²) in [4.78, 5) is 8.81. The van der Waals surface area contributed by atoms with E-state index in [1.807, 2.05) is 30.6 Å². The van der Waals surface area contributed by atoms with Crippen LogP contribution in [0.4, 0.5) is 0 Å². The summed E-state index contributed by atoms with van der Waals surface area (Å²) < 4.78 is 2.11. The fraction of sp³-hybridized carbons (Fsp3) is 0.500. The van der Waals surface area contributed by atoms with E-state index in [-0.39, 0.29) is 24.0 Å². The molecule has 0 bridgehead atoms. The van der Waals surface area contributed by atoms with Crippen molar-refractivity contribution >= 4 is 29.9 Å². The Bertz CT molecular complexity index is 624. The molecule has 0 spiro atoms. The van der Waals surface area contributed by atoms with Crippen LogP contribution >= 0.6 is 24.0 Å². The van der Waals surface area contributed by atoms with Gasteiger partial charge in [0, 0.05) is 25.5 Å². The van der Waals surface area contributed by atoms with Crippen LogP contribution in [0.1, 0.15) is 56.8 Å². The zero-order valence-corrected chi connectivity index (χ0v) is 18.1. The maximum absolute atomic E-state index is 5.96. The quantitative estimate of drug-likeness (QED) is 0.223. The molecule has 0 fully saturated rings. The molecule has 3 N–H and O–H groups in total. The van der Waals surface area contributed by atoms with Crippen LogP contribution in [0.25, 0.3) is 0 Å². The van der Waals surface area contributed by atoms with Crippen LogP contribution in [0.5, 0.6) is 0 Å². The summed E-state index contributed by atoms with van der Waals surface area (Å²) in [6.07, 6.45) is 11.5. The highest BCUT2D eigenvalue weighted by atomic mass is 127. The van der Waals surface area contributed by atoms with Gasteiger partial charge in [0.2, 0.25) is 0 Å². The summed E-state index contributed by atoms with van der Waals surface area (Å²) in [5.74, 6) is 1.43. The van der Waals surface area contributed by atoms with Gasteiger partial charge < -0.3 is 15.6 Å². The van der Waals surface area contributed by atoms with Crippen molar-refractivity contribution in [1.82, 2.24) is 14.9 Å². The summed E-state index contributed by atoms with van der Waals surface area (Å²) in [5.41, 5.74) is 7.21. The first-order valence-electron chi connectivity index (χ1n) is 9.37. The Hall–Kier alpha value is -1.57. The molecule has 0 radical (unpaired) electrons. The maximum Gasteiger partial charge on any atom is 0.189 e. The first kappa shape index (κ1) is 22.5. The van der Waals surface area contributed by atoms with Gasteiger partial charge in [-0.05, 0) is 12.0 Å². The Labute approximate surface area is 174 Å². The summed E-state index contributed by atoms with van der Waals surface area (Å²) in [5, 5.41) is 3.20. The highest BCUT2D eigenvalue weighted by molar-refractivity contribution is 14.0. The van der Waals surface area contributed by atoms with Crippen molar-refractivity contribution in [2.24, 2.45) is 10.7 Å². The summed E-state index contributed by atoms with van der Waals surface area (Å²) in [6, 6.07) is 10.4. The van der Waals surface area contributed by atoms with Gasteiger partial charge >= 0.3 is 0 Å². The van der Waals surface area contributed by atoms with Gasteiger partial charge in [0.15, 0.2) is 5.96 Å². The Morgan fingerprint density at radius 1 is 1.12 bits per heavy atom. The molecule has 144 valence electrons. The van der Waals surface area contributed by atoms with Crippen LogP contribution in [-0.2, 0) is 13.1 Å². The van der Waals surface area contributed by atoms with Gasteiger partial charge in [-0.2, -0.15) is 0 Å². The molecule has 0 aliphatic heterocycles. The second-order valence-corrected chi connectivity index (χ2v) is 6.35. The van der Waals surface area contributed by atoms with Crippen molar-refractivity contribution in [1.29, 1.82) is 0 Å². The third kappa shape index (κ3) is 8.69. The number of nitrogens with one attached hydrogen (secondary N) is 1. The molecule has 5 nitrogen and oxygen atoms in total. The standard InChI is InChI=1S/C20H31N5.HI/c1-2-3-4-5-6-10-13-23-20(21)24-16-19-22-14-15-25(19)17-18-11-8-7-9-12-18;/h7-9,11-12,14-15H,2-6,10,13,16-17H2,1H3,(H3,21,23,24);1H. The molecule has 2 aromatic rings. The Morgan fingerprint density at radius 2 is 1.85 bits per heavy atom. The molecule has 0 saturated heterocycles. The third-order valence-corrected chi connectivity index (χ3v) is 4.22. The molecule has 0 unspecified atom stereocenters. The van der Waals surface area contributed by atoms with Crippen LogP contribution in [0.2, 0.25) is 0 Å². The lowest BCUT2D eigenvalue weighted by Crippen LogP contribution is -2.32. The maximum atomic E-state index is 5.96. The van der Waals surface area contributed by atoms with Crippen LogP contribution < -0.4 is 11.1 Å². The number of nitrogens with zero attached hydrogens (tertiary/aromatic N) is 3. The van der Waals surface area contributed by atoms with Gasteiger partial charge in [-0.1, -0.05) is 69.4 Å². The lowest BCUT2D eigenvalue weighted by Gasteiger charge is -2.08. The van der Waals surface area contributed by atoms with E-state index in [4.69, 9.17) is 5.73 Å². The van der Waals surface area contributed by atoms with Crippen molar-refractivity contribution in [3.63, 3.8) is 0 Å². The van der Waals surface area contributed by atoms with E-state index in [1.54, 1.807) is 0 Å². The Balaban J connectivity index is 0.00000338. The minimum absolute atomic E-state index is 0. The molecule has 26 heavy (non-hydrogen) atoms. The zero-order valence-electron chi connectivity index (χ0n) is 15.7. The van der Waals surface area contributed by atoms with Gasteiger partial charge in [0.1, 0.15) is 12.4 Å². The molecule has 0 aliphatic carbocycles. The van der Waals surface area contributed by atoms with Gasteiger partial charge in [-0.15, -0.1) is 24.0 Å². The normalized spacial score (nSPS) is 11.2. The van der Waals surface area contributed by atoms with Gasteiger partial charge in [0.05, 0.1) is 0 Å². The highest BCUT2D eigenvalue weighted by Gasteiger charge is 2.03. The second-order valence-electron chi connectivity index (χ2n) is 6.35. The third-order valence-electron chi connectivity index (χ3n) is 4.22. The first-order valence-corrected chi connectivity index (χ1v) is 9.37. The van der Waals surface area contributed by atoms with E-state index in [1.165, 1.54) is 37.7 Å². The van der Waals surface area contributed by atoms with Gasteiger partial charge in [0.25, 0.3) is 0 Å². The zero-order chi connectivity index (χ0) is 17.7. The molecule has 0 saturated carbocycles. The molecule has 1 aromatic carbocycles. The fourth-order valence-corrected chi connectivity index (χ4v) is 2.75. The predicted octanol–water partition coefficient (Wildman–Crippen LogP) is 4.31. The molecule has 2 rings (SSSR count). The summed E-state index contributed by atoms with van der Waals surface area (Å²) >= 11 is 0. The monoisotopic (exact) mass is 469 g/mol. The summed E-state index contributed by atoms with van der Waals surface area (Å²) in [7, 11) is 0. The largest absolute Gasteiger partial charge is 0.370 e. The number of aromatic nitrogens is 2. The van der Waals surface area contributed by atoms with E-state index < -0.39 is 0 Å². The SMILES string of the molecule is CCCCCCCCNC(N)=NCc1nccn1Cc1ccccc1.I. The highest BCUT2D eigenvalue weighted by Crippen LogP contribution is 2.06. The number of hydrogen-bond acceptors (Lipinski definition) is 2. The van der Waals surface area contributed by atoms with E-state index in [2.05, 4.69) is 38.9 Å². The fourth-order valence-electron chi connectivity index (χ4n) is 2.75. The van der Waals surface area contributed by atoms with Crippen LogP contribution in [0, 0.1) is 0 Å². The number of nitrogens with two attached hydrogens (primary N) is 1. The number of halogens is 1. The number of rotatable bonds is 11. The molecule has 0 atom stereocenters. The molecular weight excluding hydrogens is 437 g/mol. The van der Waals surface area contributed by atoms with Crippen LogP contribution in [0.3, 0.4) is 0 Å². The molecule has 1 aromatic heterocycles. The van der Waals surface area contributed by atoms with Gasteiger partial charge in [-0.25, -0.2) is 9.98 Å². The van der Waals surface area contributed by atoms with Crippen molar-refractivity contribution in [3.05, 3.63) is 54.1 Å². The number of imidazole rings is 1. The Kier molecular flexibility index (Phi) is 11.8. The lowest BCUT2D eigenvalue weighted by molar-refractivity contribution is 0.601. The van der Waals surface area contributed by atoms with Crippen molar-refractivity contribution < 1.29 is 0 Å². The number of hydrogen-bond donors (Lipinski definition) is 2. The van der Waals surface area contributed by atoms with Crippen LogP contribution in [0.15, 0.2) is 47.7 Å². The molecule has 0 aliphatic rings. The van der Waals surface area contributed by atoms with E-state index in [0.29, 0.717) is 12.5 Å². The number of unbranched alkanes of at least 4 members (excludes halogenated alkanes) is 5. The summed E-state index contributed by atoms with van der Waals surface area (Å²) in [6.45, 7) is 4.43. The van der Waals surface area contributed by atoms with Crippen molar-refractivity contribution in [2.45, 2.75) is 58.5 Å². The average molecular weight is 469 g/mol. The number of guanidine groups is 1. The molecule has 6 heteroatoms. The smallest absolute Gasteiger partial charge is 0.189 e. The molecule has 0 amide bonds. The Morgan fingerprint density at radius 3 is 2.62 bits per heavy atom. The van der Waals surface area contributed by atoms with E-state index in [9.17, 15) is 0 Å². The van der Waals surface area contributed by atoms with Gasteiger partial charge in [-0.3, -0.25) is 0 Å². The topological polar surface area (TPSA) is 68.2 Å². The molecular formula is C20H32IN5. The van der Waals surface area contributed by atoms with E-state index >= 15 is 0 Å². The van der Waals surface area contributed by atoms with E-state index in [0.717, 1.165) is 25.3 Å². The number of benzene rings is 1. The first-order chi connectivity index (χ1) is 12.3. The minimum Gasteiger partial charge on any atom is -0.370 e. The minimum atomic E-state index is 0. The lowest BCUT2D eigenvalue weighted by atomic mass is 10.1. The average Bonchev–Trinajstić information content (AvgIpc) is 3.07.